The smallest absolute Gasteiger partial charge is 0.341 e. The molecule has 1 atom stereocenters. The van der Waals surface area contributed by atoms with Crippen LogP contribution < -0.4 is 11.1 Å². The number of benzene rings is 1. The summed E-state index contributed by atoms with van der Waals surface area (Å²) in [5.74, 6) is -1.04. The molecule has 1 aromatic heterocycles. The van der Waals surface area contributed by atoms with Crippen LogP contribution in [0.2, 0.25) is 0 Å². The molecule has 0 bridgehead atoms. The van der Waals surface area contributed by atoms with E-state index in [-0.39, 0.29) is 6.61 Å². The van der Waals surface area contributed by atoms with E-state index < -0.39 is 24.5 Å². The van der Waals surface area contributed by atoms with Gasteiger partial charge >= 0.3 is 11.9 Å². The van der Waals surface area contributed by atoms with Gasteiger partial charge in [-0.15, -0.1) is 11.3 Å². The average Bonchev–Trinajstić information content (AvgIpc) is 3.03. The summed E-state index contributed by atoms with van der Waals surface area (Å²) in [4.78, 5) is 38.0. The normalized spacial score (nSPS) is 15.3. The Morgan fingerprint density at radius 1 is 1.17 bits per heavy atom. The Kier molecular flexibility index (Phi) is 6.53. The van der Waals surface area contributed by atoms with E-state index in [1.165, 1.54) is 23.5 Å². The molecule has 7 nitrogen and oxygen atoms in total. The second-order valence-electron chi connectivity index (χ2n) is 7.02. The number of amides is 1. The van der Waals surface area contributed by atoms with Crippen molar-refractivity contribution < 1.29 is 23.9 Å². The van der Waals surface area contributed by atoms with E-state index in [1.54, 1.807) is 19.1 Å². The molecular formula is C21H24N2O5S. The summed E-state index contributed by atoms with van der Waals surface area (Å²) in [6, 6.07) is 6.23. The first-order valence-electron chi connectivity index (χ1n) is 9.53. The zero-order chi connectivity index (χ0) is 21.0. The largest absolute Gasteiger partial charge is 0.462 e. The van der Waals surface area contributed by atoms with Gasteiger partial charge in [0.1, 0.15) is 5.00 Å². The molecule has 2 aromatic rings. The number of nitrogen functional groups attached to an aromatic ring is 1. The van der Waals surface area contributed by atoms with Crippen LogP contribution in [0.25, 0.3) is 0 Å². The van der Waals surface area contributed by atoms with E-state index in [9.17, 15) is 14.4 Å². The van der Waals surface area contributed by atoms with Crippen LogP contribution in [0, 0.1) is 5.92 Å². The van der Waals surface area contributed by atoms with Crippen LogP contribution in [-0.2, 0) is 27.1 Å². The number of carbonyl (C=O) groups is 3. The lowest BCUT2D eigenvalue weighted by atomic mass is 9.88. The fourth-order valence-corrected chi connectivity index (χ4v) is 4.67. The number of esters is 2. The molecule has 0 saturated carbocycles. The predicted molar refractivity (Wildman–Crippen MR) is 111 cm³/mol. The predicted octanol–water partition coefficient (Wildman–Crippen LogP) is 3.43. The lowest BCUT2D eigenvalue weighted by Crippen LogP contribution is -2.22. The van der Waals surface area contributed by atoms with Gasteiger partial charge in [0.05, 0.1) is 17.7 Å². The maximum Gasteiger partial charge on any atom is 0.341 e. The van der Waals surface area contributed by atoms with Crippen molar-refractivity contribution in [3.63, 3.8) is 0 Å². The second kappa shape index (κ2) is 9.09. The number of hydrogen-bond acceptors (Lipinski definition) is 7. The third-order valence-electron chi connectivity index (χ3n) is 4.72. The minimum atomic E-state index is -0.620. The van der Waals surface area contributed by atoms with Crippen LogP contribution in [0.15, 0.2) is 24.3 Å². The van der Waals surface area contributed by atoms with Crippen molar-refractivity contribution in [3.8, 4) is 0 Å². The first kappa shape index (κ1) is 20.9. The quantitative estimate of drug-likeness (QED) is 0.552. The molecule has 0 fully saturated rings. The van der Waals surface area contributed by atoms with E-state index in [1.807, 2.05) is 0 Å². The Hall–Kier alpha value is -2.87. The van der Waals surface area contributed by atoms with Crippen molar-refractivity contribution >= 4 is 39.9 Å². The zero-order valence-corrected chi connectivity index (χ0v) is 17.3. The number of nitrogens with two attached hydrogens (primary N) is 1. The Bertz CT molecular complexity index is 920. The lowest BCUT2D eigenvalue weighted by molar-refractivity contribution is -0.119. The van der Waals surface area contributed by atoms with Crippen molar-refractivity contribution in [2.24, 2.45) is 5.92 Å². The highest BCUT2D eigenvalue weighted by atomic mass is 32.1. The third-order valence-corrected chi connectivity index (χ3v) is 5.89. The summed E-state index contributed by atoms with van der Waals surface area (Å²) in [6.45, 7) is 3.71. The topological polar surface area (TPSA) is 108 Å². The van der Waals surface area contributed by atoms with Crippen molar-refractivity contribution in [3.05, 3.63) is 45.8 Å². The van der Waals surface area contributed by atoms with E-state index in [0.29, 0.717) is 27.7 Å². The maximum atomic E-state index is 12.5. The summed E-state index contributed by atoms with van der Waals surface area (Å²) >= 11 is 1.39. The van der Waals surface area contributed by atoms with Gasteiger partial charge in [-0.2, -0.15) is 0 Å². The summed E-state index contributed by atoms with van der Waals surface area (Å²) in [6.07, 6.45) is 2.64. The molecule has 1 aliphatic carbocycles. The summed E-state index contributed by atoms with van der Waals surface area (Å²) in [7, 11) is 0. The van der Waals surface area contributed by atoms with Gasteiger partial charge in [-0.3, -0.25) is 4.79 Å². The van der Waals surface area contributed by atoms with Gasteiger partial charge in [-0.1, -0.05) is 6.92 Å². The van der Waals surface area contributed by atoms with Crippen LogP contribution >= 0.6 is 11.3 Å². The Balaban J connectivity index is 1.70. The molecule has 1 aliphatic rings. The second-order valence-corrected chi connectivity index (χ2v) is 8.13. The SMILES string of the molecule is CCOC(=O)c1c(NC(=O)COC(=O)c2ccc(N)cc2)sc2c1CCC(C)C2. The Labute approximate surface area is 173 Å². The first-order valence-corrected chi connectivity index (χ1v) is 10.3. The van der Waals surface area contributed by atoms with Gasteiger partial charge in [-0.25, -0.2) is 9.59 Å². The molecule has 1 aromatic carbocycles. The van der Waals surface area contributed by atoms with Gasteiger partial charge in [0.25, 0.3) is 5.91 Å². The van der Waals surface area contributed by atoms with E-state index in [4.69, 9.17) is 15.2 Å². The van der Waals surface area contributed by atoms with Gasteiger partial charge in [0, 0.05) is 10.6 Å². The average molecular weight is 416 g/mol. The molecule has 29 heavy (non-hydrogen) atoms. The standard InChI is InChI=1S/C21H24N2O5S/c1-3-27-21(26)18-15-9-4-12(2)10-16(15)29-19(18)23-17(24)11-28-20(25)13-5-7-14(22)8-6-13/h5-8,12H,3-4,9-11,22H2,1-2H3,(H,23,24). The van der Waals surface area contributed by atoms with E-state index >= 15 is 0 Å². The molecule has 1 unspecified atom stereocenters. The minimum absolute atomic E-state index is 0.256. The lowest BCUT2D eigenvalue weighted by Gasteiger charge is -2.18. The van der Waals surface area contributed by atoms with Crippen LogP contribution in [-0.4, -0.2) is 31.1 Å². The zero-order valence-electron chi connectivity index (χ0n) is 16.4. The fraction of sp³-hybridized carbons (Fsp3) is 0.381. The van der Waals surface area contributed by atoms with Gasteiger partial charge < -0.3 is 20.5 Å². The highest BCUT2D eigenvalue weighted by Gasteiger charge is 2.29. The monoisotopic (exact) mass is 416 g/mol. The number of anilines is 2. The minimum Gasteiger partial charge on any atom is -0.462 e. The van der Waals surface area contributed by atoms with E-state index in [0.717, 1.165) is 29.7 Å². The molecule has 1 amide bonds. The van der Waals surface area contributed by atoms with Crippen molar-refractivity contribution in [1.82, 2.24) is 0 Å². The summed E-state index contributed by atoms with van der Waals surface area (Å²) in [5.41, 5.74) is 7.81. The molecule has 0 spiro atoms. The third kappa shape index (κ3) is 4.95. The molecule has 3 rings (SSSR count). The Morgan fingerprint density at radius 2 is 1.90 bits per heavy atom. The number of carbonyl (C=O) groups excluding carboxylic acids is 3. The highest BCUT2D eigenvalue weighted by molar-refractivity contribution is 7.17. The van der Waals surface area contributed by atoms with Crippen LogP contribution in [0.4, 0.5) is 10.7 Å². The molecule has 154 valence electrons. The number of fused-ring (bicyclic) bond motifs is 1. The van der Waals surface area contributed by atoms with Crippen molar-refractivity contribution in [2.75, 3.05) is 24.3 Å². The number of ether oxygens (including phenoxy) is 2. The Morgan fingerprint density at radius 3 is 2.59 bits per heavy atom. The molecule has 3 N–H and O–H groups in total. The van der Waals surface area contributed by atoms with E-state index in [2.05, 4.69) is 12.2 Å². The molecule has 0 radical (unpaired) electrons. The summed E-state index contributed by atoms with van der Waals surface area (Å²) < 4.78 is 10.3. The molecule has 0 saturated heterocycles. The number of thiophene rings is 1. The van der Waals surface area contributed by atoms with Crippen LogP contribution in [0.1, 0.15) is 51.4 Å². The summed E-state index contributed by atoms with van der Waals surface area (Å²) in [5, 5.41) is 3.17. The molecule has 8 heteroatoms. The number of rotatable bonds is 6. The van der Waals surface area contributed by atoms with Gasteiger partial charge in [-0.05, 0) is 61.9 Å². The maximum absolute atomic E-state index is 12.5. The highest BCUT2D eigenvalue weighted by Crippen LogP contribution is 2.40. The molecular weight excluding hydrogens is 392 g/mol. The van der Waals surface area contributed by atoms with Crippen molar-refractivity contribution in [1.29, 1.82) is 0 Å². The molecule has 0 aliphatic heterocycles. The fourth-order valence-electron chi connectivity index (χ4n) is 3.25. The van der Waals surface area contributed by atoms with Gasteiger partial charge in [0.15, 0.2) is 6.61 Å². The van der Waals surface area contributed by atoms with Gasteiger partial charge in [0.2, 0.25) is 0 Å². The first-order chi connectivity index (χ1) is 13.9. The number of hydrogen-bond donors (Lipinski definition) is 2. The molecule has 1 heterocycles. The van der Waals surface area contributed by atoms with Crippen LogP contribution in [0.3, 0.4) is 0 Å². The van der Waals surface area contributed by atoms with Crippen molar-refractivity contribution in [2.45, 2.75) is 33.1 Å². The number of nitrogens with one attached hydrogen (secondary N) is 1. The van der Waals surface area contributed by atoms with Crippen LogP contribution in [0.5, 0.6) is 0 Å².